The minimum Gasteiger partial charge on any atom is -0.343 e. The molecule has 1 aliphatic heterocycles. The van der Waals surface area contributed by atoms with E-state index in [0.717, 1.165) is 0 Å². The molecule has 0 aromatic carbocycles. The van der Waals surface area contributed by atoms with Crippen LogP contribution in [-0.2, 0) is 21.9 Å². The topological polar surface area (TPSA) is 84.3 Å². The van der Waals surface area contributed by atoms with Crippen LogP contribution in [0.25, 0.3) is 0 Å². The van der Waals surface area contributed by atoms with Gasteiger partial charge in [0.25, 0.3) is 0 Å². The Bertz CT molecular complexity index is 643. The van der Waals surface area contributed by atoms with Crippen LogP contribution in [0.5, 0.6) is 0 Å². The van der Waals surface area contributed by atoms with Gasteiger partial charge in [-0.15, -0.1) is 0 Å². The molecule has 0 bridgehead atoms. The van der Waals surface area contributed by atoms with Gasteiger partial charge in [0.1, 0.15) is 4.90 Å². The average molecular weight is 314 g/mol. The normalized spacial score (nSPS) is 17.2. The fourth-order valence-corrected chi connectivity index (χ4v) is 4.48. The zero-order valence-electron chi connectivity index (χ0n) is 12.9. The number of nitrogens with one attached hydrogen (secondary N) is 1. The number of nitrogens with zero attached hydrogens (tertiary/aromatic N) is 3. The van der Waals surface area contributed by atoms with Crippen LogP contribution < -0.4 is 4.72 Å². The van der Waals surface area contributed by atoms with Gasteiger partial charge in [0.05, 0.1) is 11.4 Å². The van der Waals surface area contributed by atoms with Crippen LogP contribution >= 0.6 is 0 Å². The van der Waals surface area contributed by atoms with Gasteiger partial charge in [0.2, 0.25) is 15.9 Å². The first kappa shape index (κ1) is 16.0. The number of hydrogen-bond donors (Lipinski definition) is 1. The summed E-state index contributed by atoms with van der Waals surface area (Å²) in [6.45, 7) is 6.15. The molecule has 8 heteroatoms. The molecule has 1 aromatic heterocycles. The number of hydrogen-bond acceptors (Lipinski definition) is 4. The summed E-state index contributed by atoms with van der Waals surface area (Å²) in [5.41, 5.74) is 1.13. The second kappa shape index (κ2) is 5.76. The molecule has 1 saturated heterocycles. The number of carbonyl (C=O) groups excluding carboxylic acids is 1. The van der Waals surface area contributed by atoms with E-state index < -0.39 is 10.0 Å². The molecule has 0 aliphatic carbocycles. The van der Waals surface area contributed by atoms with Crippen LogP contribution in [-0.4, -0.2) is 48.1 Å². The zero-order chi connectivity index (χ0) is 15.8. The van der Waals surface area contributed by atoms with E-state index in [1.165, 1.54) is 6.92 Å². The number of aromatic nitrogens is 2. The van der Waals surface area contributed by atoms with Crippen molar-refractivity contribution in [3.63, 3.8) is 0 Å². The standard InChI is InChI=1S/C13H22N4O3S/c1-9-13(10(2)16(4)14-9)21(19,20)15-12-5-7-17(8-6-12)11(3)18/h12,15H,5-8H2,1-4H3. The van der Waals surface area contributed by atoms with Gasteiger partial charge in [-0.2, -0.15) is 5.10 Å². The molecule has 0 radical (unpaired) electrons. The van der Waals surface area contributed by atoms with Crippen molar-refractivity contribution in [3.8, 4) is 0 Å². The summed E-state index contributed by atoms with van der Waals surface area (Å²) in [6.07, 6.45) is 1.27. The number of aryl methyl sites for hydroxylation is 2. The van der Waals surface area contributed by atoms with Crippen LogP contribution in [0.2, 0.25) is 0 Å². The molecule has 1 N–H and O–H groups in total. The molecule has 0 unspecified atom stereocenters. The first-order valence-corrected chi connectivity index (χ1v) is 8.48. The molecule has 21 heavy (non-hydrogen) atoms. The third kappa shape index (κ3) is 3.26. The third-order valence-corrected chi connectivity index (χ3v) is 5.75. The van der Waals surface area contributed by atoms with Crippen LogP contribution in [0.1, 0.15) is 31.2 Å². The van der Waals surface area contributed by atoms with Gasteiger partial charge in [0.15, 0.2) is 0 Å². The minimum atomic E-state index is -3.57. The largest absolute Gasteiger partial charge is 0.343 e. The molecule has 0 atom stereocenters. The van der Waals surface area contributed by atoms with Gasteiger partial charge in [-0.3, -0.25) is 9.48 Å². The second-order valence-corrected chi connectivity index (χ2v) is 7.18. The summed E-state index contributed by atoms with van der Waals surface area (Å²) in [6, 6.07) is -0.135. The second-order valence-electron chi connectivity index (χ2n) is 5.53. The van der Waals surface area contributed by atoms with E-state index in [9.17, 15) is 13.2 Å². The van der Waals surface area contributed by atoms with E-state index in [-0.39, 0.29) is 16.8 Å². The Morgan fingerprint density at radius 2 is 1.86 bits per heavy atom. The predicted octanol–water partition coefficient (Wildman–Crippen LogP) is 0.326. The van der Waals surface area contributed by atoms with E-state index in [1.807, 2.05) is 0 Å². The molecule has 0 saturated carbocycles. The number of sulfonamides is 1. The maximum atomic E-state index is 12.5. The third-order valence-electron chi connectivity index (χ3n) is 3.97. The molecule has 118 valence electrons. The van der Waals surface area contributed by atoms with E-state index in [2.05, 4.69) is 9.82 Å². The Hall–Kier alpha value is -1.41. The van der Waals surface area contributed by atoms with E-state index in [1.54, 1.807) is 30.5 Å². The Kier molecular flexibility index (Phi) is 4.38. The molecule has 1 aliphatic rings. The molecule has 2 rings (SSSR count). The number of amides is 1. The zero-order valence-corrected chi connectivity index (χ0v) is 13.7. The number of carbonyl (C=O) groups is 1. The van der Waals surface area contributed by atoms with E-state index >= 15 is 0 Å². The summed E-state index contributed by atoms with van der Waals surface area (Å²) >= 11 is 0. The van der Waals surface area contributed by atoms with Crippen molar-refractivity contribution < 1.29 is 13.2 Å². The predicted molar refractivity (Wildman–Crippen MR) is 78.3 cm³/mol. The first-order valence-electron chi connectivity index (χ1n) is 7.00. The Morgan fingerprint density at radius 3 is 2.29 bits per heavy atom. The summed E-state index contributed by atoms with van der Waals surface area (Å²) in [7, 11) is -1.85. The lowest BCUT2D eigenvalue weighted by molar-refractivity contribution is -0.129. The molecule has 1 amide bonds. The Labute approximate surface area is 125 Å². The summed E-state index contributed by atoms with van der Waals surface area (Å²) < 4.78 is 29.4. The first-order chi connectivity index (χ1) is 9.72. The summed E-state index contributed by atoms with van der Waals surface area (Å²) in [5.74, 6) is 0.0373. The van der Waals surface area contributed by atoms with Crippen molar-refractivity contribution in [1.82, 2.24) is 19.4 Å². The Morgan fingerprint density at radius 1 is 1.29 bits per heavy atom. The maximum Gasteiger partial charge on any atom is 0.244 e. The van der Waals surface area contributed by atoms with Crippen molar-refractivity contribution in [1.29, 1.82) is 0 Å². The van der Waals surface area contributed by atoms with Crippen molar-refractivity contribution in [2.45, 2.75) is 44.6 Å². The van der Waals surface area contributed by atoms with Crippen LogP contribution in [0.15, 0.2) is 4.90 Å². The van der Waals surface area contributed by atoms with Gasteiger partial charge < -0.3 is 4.90 Å². The molecular weight excluding hydrogens is 292 g/mol. The van der Waals surface area contributed by atoms with Crippen LogP contribution in [0, 0.1) is 13.8 Å². The summed E-state index contributed by atoms with van der Waals surface area (Å²) in [4.78, 5) is 13.3. The fourth-order valence-electron chi connectivity index (χ4n) is 2.73. The molecular formula is C13H22N4O3S. The highest BCUT2D eigenvalue weighted by molar-refractivity contribution is 7.89. The molecule has 1 aromatic rings. The van der Waals surface area contributed by atoms with Crippen molar-refractivity contribution in [2.24, 2.45) is 7.05 Å². The fraction of sp³-hybridized carbons (Fsp3) is 0.692. The highest BCUT2D eigenvalue weighted by Gasteiger charge is 2.29. The van der Waals surface area contributed by atoms with Gasteiger partial charge in [0, 0.05) is 33.1 Å². The number of likely N-dealkylation sites (tertiary alicyclic amines) is 1. The highest BCUT2D eigenvalue weighted by Crippen LogP contribution is 2.20. The minimum absolute atomic E-state index is 0.0373. The van der Waals surface area contributed by atoms with Crippen LogP contribution in [0.3, 0.4) is 0 Å². The van der Waals surface area contributed by atoms with E-state index in [4.69, 9.17) is 0 Å². The van der Waals surface area contributed by atoms with Crippen LogP contribution in [0.4, 0.5) is 0 Å². The van der Waals surface area contributed by atoms with Crippen molar-refractivity contribution in [2.75, 3.05) is 13.1 Å². The van der Waals surface area contributed by atoms with Gasteiger partial charge in [-0.1, -0.05) is 0 Å². The average Bonchev–Trinajstić information content (AvgIpc) is 2.63. The lowest BCUT2D eigenvalue weighted by Crippen LogP contribution is -2.46. The molecule has 0 spiro atoms. The van der Waals surface area contributed by atoms with E-state index in [0.29, 0.717) is 37.3 Å². The van der Waals surface area contributed by atoms with Gasteiger partial charge >= 0.3 is 0 Å². The molecule has 2 heterocycles. The number of piperidine rings is 1. The highest BCUT2D eigenvalue weighted by atomic mass is 32.2. The smallest absolute Gasteiger partial charge is 0.244 e. The maximum absolute atomic E-state index is 12.5. The van der Waals surface area contributed by atoms with Crippen molar-refractivity contribution in [3.05, 3.63) is 11.4 Å². The summed E-state index contributed by atoms with van der Waals surface area (Å²) in [5, 5.41) is 4.15. The molecule has 1 fully saturated rings. The lowest BCUT2D eigenvalue weighted by Gasteiger charge is -2.31. The number of rotatable bonds is 3. The molecule has 7 nitrogen and oxygen atoms in total. The monoisotopic (exact) mass is 314 g/mol. The SMILES string of the molecule is CC(=O)N1CCC(NS(=O)(=O)c2c(C)nn(C)c2C)CC1. The van der Waals surface area contributed by atoms with Gasteiger partial charge in [-0.05, 0) is 26.7 Å². The Balaban J connectivity index is 2.11. The van der Waals surface area contributed by atoms with Crippen molar-refractivity contribution >= 4 is 15.9 Å². The quantitative estimate of drug-likeness (QED) is 0.871. The van der Waals surface area contributed by atoms with Gasteiger partial charge in [-0.25, -0.2) is 13.1 Å². The lowest BCUT2D eigenvalue weighted by atomic mass is 10.1.